The fourth-order valence-electron chi connectivity index (χ4n) is 3.22. The van der Waals surface area contributed by atoms with Crippen molar-refractivity contribution >= 4 is 18.2 Å². The van der Waals surface area contributed by atoms with Crippen molar-refractivity contribution in [3.05, 3.63) is 12.7 Å². The van der Waals surface area contributed by atoms with Gasteiger partial charge in [0.1, 0.15) is 11.2 Å². The highest BCUT2D eigenvalue weighted by molar-refractivity contribution is 5.99. The Morgan fingerprint density at radius 2 is 1.55 bits per heavy atom. The standard InChI is InChI=1S/C22H35F2NO6/c1-9-11-12-21(23,24)13-15-14-22(15,16(26)29-10-2)25(17(27)30-19(3,4)5)18(28)31-20(6,7)8/h9,15H,1,10-14H2,2-8H3/t15?,22-/m1/s1. The third-order valence-corrected chi connectivity index (χ3v) is 4.51. The number of allylic oxidation sites excluding steroid dienone is 1. The summed E-state index contributed by atoms with van der Waals surface area (Å²) in [4.78, 5) is 39.3. The quantitative estimate of drug-likeness (QED) is 0.279. The number of imide groups is 1. The molecule has 1 saturated carbocycles. The second kappa shape index (κ2) is 9.53. The predicted molar refractivity (Wildman–Crippen MR) is 111 cm³/mol. The molecule has 2 amide bonds. The molecule has 1 aliphatic carbocycles. The van der Waals surface area contributed by atoms with Gasteiger partial charge in [0.2, 0.25) is 5.92 Å². The molecule has 178 valence electrons. The first-order chi connectivity index (χ1) is 14.0. The smallest absolute Gasteiger partial charge is 0.420 e. The summed E-state index contributed by atoms with van der Waals surface area (Å²) in [6.45, 7) is 14.5. The monoisotopic (exact) mass is 447 g/mol. The van der Waals surface area contributed by atoms with Crippen LogP contribution in [0.15, 0.2) is 12.7 Å². The van der Waals surface area contributed by atoms with Gasteiger partial charge < -0.3 is 14.2 Å². The van der Waals surface area contributed by atoms with Gasteiger partial charge in [-0.15, -0.1) is 6.58 Å². The summed E-state index contributed by atoms with van der Waals surface area (Å²) in [6.07, 6.45) is -2.12. The van der Waals surface area contributed by atoms with Crippen LogP contribution in [-0.4, -0.2) is 52.3 Å². The summed E-state index contributed by atoms with van der Waals surface area (Å²) in [6, 6.07) is 0. The van der Waals surface area contributed by atoms with E-state index in [1.807, 2.05) is 0 Å². The van der Waals surface area contributed by atoms with Crippen LogP contribution < -0.4 is 0 Å². The van der Waals surface area contributed by atoms with Crippen molar-refractivity contribution in [1.82, 2.24) is 4.90 Å². The van der Waals surface area contributed by atoms with Gasteiger partial charge in [0.15, 0.2) is 5.54 Å². The third kappa shape index (κ3) is 7.47. The van der Waals surface area contributed by atoms with Crippen molar-refractivity contribution in [2.75, 3.05) is 6.61 Å². The van der Waals surface area contributed by atoms with Gasteiger partial charge in [0, 0.05) is 18.8 Å². The van der Waals surface area contributed by atoms with Crippen LogP contribution >= 0.6 is 0 Å². The molecule has 0 spiro atoms. The van der Waals surface area contributed by atoms with Crippen LogP contribution in [0.3, 0.4) is 0 Å². The molecular formula is C22H35F2NO6. The minimum Gasteiger partial charge on any atom is -0.464 e. The van der Waals surface area contributed by atoms with E-state index < -0.39 is 59.6 Å². The summed E-state index contributed by atoms with van der Waals surface area (Å²) in [7, 11) is 0. The number of carbonyl (C=O) groups is 3. The summed E-state index contributed by atoms with van der Waals surface area (Å²) in [5.74, 6) is -5.04. The first-order valence-electron chi connectivity index (χ1n) is 10.4. The Balaban J connectivity index is 3.37. The largest absolute Gasteiger partial charge is 0.464 e. The van der Waals surface area contributed by atoms with Crippen molar-refractivity contribution in [2.45, 2.75) is 96.8 Å². The summed E-state index contributed by atoms with van der Waals surface area (Å²) < 4.78 is 44.6. The summed E-state index contributed by atoms with van der Waals surface area (Å²) in [5.41, 5.74) is -3.89. The van der Waals surface area contributed by atoms with E-state index in [1.165, 1.54) is 6.08 Å². The molecule has 2 atom stereocenters. The number of carbonyl (C=O) groups excluding carboxylic acids is 3. The van der Waals surface area contributed by atoms with Crippen molar-refractivity contribution in [3.63, 3.8) is 0 Å². The fourth-order valence-corrected chi connectivity index (χ4v) is 3.22. The first kappa shape index (κ1) is 26.8. The van der Waals surface area contributed by atoms with Crippen LogP contribution in [0, 0.1) is 5.92 Å². The molecular weight excluding hydrogens is 412 g/mol. The average Bonchev–Trinajstić information content (AvgIpc) is 3.23. The summed E-state index contributed by atoms with van der Waals surface area (Å²) >= 11 is 0. The lowest BCUT2D eigenvalue weighted by atomic mass is 10.0. The molecule has 9 heteroatoms. The lowest BCUT2D eigenvalue weighted by Crippen LogP contribution is -2.55. The first-order valence-corrected chi connectivity index (χ1v) is 10.4. The van der Waals surface area contributed by atoms with Gasteiger partial charge in [-0.05, 0) is 61.3 Å². The maximum absolute atomic E-state index is 14.5. The molecule has 1 fully saturated rings. The van der Waals surface area contributed by atoms with E-state index in [0.29, 0.717) is 4.90 Å². The molecule has 1 aliphatic rings. The normalized spacial score (nSPS) is 21.1. The molecule has 0 N–H and O–H groups in total. The van der Waals surface area contributed by atoms with E-state index in [9.17, 15) is 23.2 Å². The second-order valence-electron chi connectivity index (χ2n) is 9.73. The lowest BCUT2D eigenvalue weighted by molar-refractivity contribution is -0.152. The molecule has 0 bridgehead atoms. The Morgan fingerprint density at radius 3 is 1.94 bits per heavy atom. The van der Waals surface area contributed by atoms with Crippen molar-refractivity contribution in [3.8, 4) is 0 Å². The number of amides is 2. The van der Waals surface area contributed by atoms with Gasteiger partial charge in [0.05, 0.1) is 6.61 Å². The van der Waals surface area contributed by atoms with Gasteiger partial charge in [-0.25, -0.2) is 23.2 Å². The number of ether oxygens (including phenoxy) is 3. The maximum Gasteiger partial charge on any atom is 0.420 e. The van der Waals surface area contributed by atoms with Crippen molar-refractivity contribution < 1.29 is 37.4 Å². The topological polar surface area (TPSA) is 82.1 Å². The zero-order valence-electron chi connectivity index (χ0n) is 19.5. The predicted octanol–water partition coefficient (Wildman–Crippen LogP) is 5.47. The zero-order valence-corrected chi connectivity index (χ0v) is 19.5. The molecule has 0 aromatic carbocycles. The van der Waals surface area contributed by atoms with Gasteiger partial charge in [-0.1, -0.05) is 6.08 Å². The zero-order chi connectivity index (χ0) is 24.3. The molecule has 1 unspecified atom stereocenters. The maximum atomic E-state index is 14.5. The number of halogens is 2. The third-order valence-electron chi connectivity index (χ3n) is 4.51. The van der Waals surface area contributed by atoms with Crippen LogP contribution in [0.2, 0.25) is 0 Å². The molecule has 0 aromatic heterocycles. The van der Waals surface area contributed by atoms with E-state index >= 15 is 0 Å². The molecule has 0 aliphatic heterocycles. The number of alkyl halides is 2. The highest BCUT2D eigenvalue weighted by Gasteiger charge is 2.71. The van der Waals surface area contributed by atoms with Gasteiger partial charge >= 0.3 is 18.2 Å². The van der Waals surface area contributed by atoms with Crippen LogP contribution in [0.4, 0.5) is 18.4 Å². The van der Waals surface area contributed by atoms with E-state index in [1.54, 1.807) is 48.5 Å². The molecule has 7 nitrogen and oxygen atoms in total. The Hall–Kier alpha value is -2.19. The molecule has 1 rings (SSSR count). The Morgan fingerprint density at radius 1 is 1.06 bits per heavy atom. The van der Waals surface area contributed by atoms with Crippen LogP contribution in [0.25, 0.3) is 0 Å². The van der Waals surface area contributed by atoms with E-state index in [0.717, 1.165) is 0 Å². The Labute approximate surface area is 183 Å². The van der Waals surface area contributed by atoms with Crippen LogP contribution in [-0.2, 0) is 19.0 Å². The molecule has 0 radical (unpaired) electrons. The van der Waals surface area contributed by atoms with E-state index in [4.69, 9.17) is 14.2 Å². The number of rotatable bonds is 8. The lowest BCUT2D eigenvalue weighted by Gasteiger charge is -2.33. The minimum absolute atomic E-state index is 0.0450. The van der Waals surface area contributed by atoms with E-state index in [-0.39, 0.29) is 19.4 Å². The van der Waals surface area contributed by atoms with Crippen molar-refractivity contribution in [2.24, 2.45) is 5.92 Å². The minimum atomic E-state index is -3.11. The highest BCUT2D eigenvalue weighted by atomic mass is 19.3. The average molecular weight is 448 g/mol. The second-order valence-corrected chi connectivity index (χ2v) is 9.73. The van der Waals surface area contributed by atoms with Gasteiger partial charge in [-0.3, -0.25) is 0 Å². The fraction of sp³-hybridized carbons (Fsp3) is 0.773. The molecule has 31 heavy (non-hydrogen) atoms. The number of hydrogen-bond acceptors (Lipinski definition) is 6. The number of nitrogens with zero attached hydrogens (tertiary/aromatic N) is 1. The molecule has 0 heterocycles. The van der Waals surface area contributed by atoms with Crippen LogP contribution in [0.5, 0.6) is 0 Å². The van der Waals surface area contributed by atoms with E-state index in [2.05, 4.69) is 6.58 Å². The van der Waals surface area contributed by atoms with Gasteiger partial charge in [0.25, 0.3) is 0 Å². The van der Waals surface area contributed by atoms with Crippen LogP contribution in [0.1, 0.15) is 74.1 Å². The number of hydrogen-bond donors (Lipinski definition) is 0. The Bertz CT molecular complexity index is 667. The number of esters is 1. The van der Waals surface area contributed by atoms with Crippen molar-refractivity contribution in [1.29, 1.82) is 0 Å². The molecule has 0 aromatic rings. The SMILES string of the molecule is C=CCCC(F)(F)CC1C[C@@]1(C(=O)OCC)N(C(=O)OC(C)(C)C)C(=O)OC(C)(C)C. The highest BCUT2D eigenvalue weighted by Crippen LogP contribution is 2.55. The summed E-state index contributed by atoms with van der Waals surface area (Å²) in [5, 5.41) is 0. The Kier molecular flexibility index (Phi) is 8.25. The molecule has 0 saturated heterocycles. The van der Waals surface area contributed by atoms with Gasteiger partial charge in [-0.2, -0.15) is 4.90 Å².